The van der Waals surface area contributed by atoms with Gasteiger partial charge in [0.2, 0.25) is 0 Å². The summed E-state index contributed by atoms with van der Waals surface area (Å²) in [5.74, 6) is 0.721. The zero-order valence-corrected chi connectivity index (χ0v) is 12.1. The Morgan fingerprint density at radius 2 is 2.10 bits per heavy atom. The summed E-state index contributed by atoms with van der Waals surface area (Å²) in [6.45, 7) is 6.65. The lowest BCUT2D eigenvalue weighted by atomic mass is 10.0. The minimum absolute atomic E-state index is 0.0187. The Labute approximate surface area is 118 Å². The smallest absolute Gasteiger partial charge is 0.172 e. The molecule has 0 N–H and O–H groups in total. The van der Waals surface area contributed by atoms with Gasteiger partial charge in [0.05, 0.1) is 17.8 Å². The van der Waals surface area contributed by atoms with Gasteiger partial charge in [-0.3, -0.25) is 4.79 Å². The Hall–Kier alpha value is -2.11. The highest BCUT2D eigenvalue weighted by atomic mass is 16.1. The molecule has 6 heteroatoms. The summed E-state index contributed by atoms with van der Waals surface area (Å²) in [5.41, 5.74) is 2.13. The van der Waals surface area contributed by atoms with Gasteiger partial charge >= 0.3 is 0 Å². The van der Waals surface area contributed by atoms with Crippen LogP contribution in [0.1, 0.15) is 47.8 Å². The van der Waals surface area contributed by atoms with Gasteiger partial charge in [-0.2, -0.15) is 15.3 Å². The molecule has 0 aliphatic rings. The van der Waals surface area contributed by atoms with E-state index in [1.165, 1.54) is 6.33 Å². The quantitative estimate of drug-likeness (QED) is 0.750. The molecule has 0 radical (unpaired) electrons. The van der Waals surface area contributed by atoms with Crippen LogP contribution in [0.4, 0.5) is 0 Å². The molecule has 0 aliphatic carbocycles. The summed E-state index contributed by atoms with van der Waals surface area (Å²) in [6.07, 6.45) is 3.39. The number of aryl methyl sites for hydroxylation is 3. The predicted octanol–water partition coefficient (Wildman–Crippen LogP) is 1.77. The molecule has 6 nitrogen and oxygen atoms in total. The summed E-state index contributed by atoms with van der Waals surface area (Å²) in [5, 5.41) is 12.2. The molecular formula is C14H19N5O. The molecule has 0 saturated carbocycles. The fraction of sp³-hybridized carbons (Fsp3) is 0.500. The third-order valence-corrected chi connectivity index (χ3v) is 3.08. The van der Waals surface area contributed by atoms with E-state index in [9.17, 15) is 4.79 Å². The highest BCUT2D eigenvalue weighted by Gasteiger charge is 2.16. The predicted molar refractivity (Wildman–Crippen MR) is 74.5 cm³/mol. The highest BCUT2D eigenvalue weighted by molar-refractivity contribution is 5.98. The van der Waals surface area contributed by atoms with Gasteiger partial charge in [-0.05, 0) is 25.8 Å². The van der Waals surface area contributed by atoms with Crippen molar-refractivity contribution in [2.45, 2.75) is 46.6 Å². The Balaban J connectivity index is 2.23. The largest absolute Gasteiger partial charge is 0.294 e. The van der Waals surface area contributed by atoms with Gasteiger partial charge in [-0.25, -0.2) is 9.67 Å². The molecule has 2 aromatic heterocycles. The normalized spacial score (nSPS) is 10.8. The Morgan fingerprint density at radius 3 is 2.80 bits per heavy atom. The second-order valence-corrected chi connectivity index (χ2v) is 4.70. The lowest BCUT2D eigenvalue weighted by Gasteiger charge is -2.07. The molecule has 2 rings (SSSR count). The van der Waals surface area contributed by atoms with Crippen molar-refractivity contribution in [3.63, 3.8) is 0 Å². The van der Waals surface area contributed by atoms with Crippen molar-refractivity contribution in [3.8, 4) is 0 Å². The molecule has 2 aromatic rings. The van der Waals surface area contributed by atoms with Crippen molar-refractivity contribution >= 4 is 5.78 Å². The SMILES string of the molecule is CCCn1ncnc1CC(=O)c1cc(C)nnc1CC. The average molecular weight is 273 g/mol. The van der Waals surface area contributed by atoms with E-state index in [4.69, 9.17) is 0 Å². The van der Waals surface area contributed by atoms with Gasteiger partial charge in [-0.15, -0.1) is 0 Å². The van der Waals surface area contributed by atoms with Crippen LogP contribution >= 0.6 is 0 Å². The molecule has 0 saturated heterocycles. The van der Waals surface area contributed by atoms with Gasteiger partial charge in [0, 0.05) is 12.1 Å². The number of carbonyl (C=O) groups is 1. The molecule has 0 unspecified atom stereocenters. The van der Waals surface area contributed by atoms with Gasteiger partial charge in [-0.1, -0.05) is 13.8 Å². The average Bonchev–Trinajstić information content (AvgIpc) is 2.86. The lowest BCUT2D eigenvalue weighted by molar-refractivity contribution is 0.0987. The van der Waals surface area contributed by atoms with Crippen molar-refractivity contribution < 1.29 is 4.79 Å². The van der Waals surface area contributed by atoms with E-state index in [1.807, 2.05) is 13.8 Å². The maximum absolute atomic E-state index is 12.5. The van der Waals surface area contributed by atoms with Crippen molar-refractivity contribution in [3.05, 3.63) is 35.2 Å². The number of carbonyl (C=O) groups excluding carboxylic acids is 1. The van der Waals surface area contributed by atoms with Crippen molar-refractivity contribution in [2.75, 3.05) is 0 Å². The third-order valence-electron chi connectivity index (χ3n) is 3.08. The Morgan fingerprint density at radius 1 is 1.30 bits per heavy atom. The number of hydrogen-bond donors (Lipinski definition) is 0. The van der Waals surface area contributed by atoms with Crippen LogP contribution in [0.15, 0.2) is 12.4 Å². The van der Waals surface area contributed by atoms with Gasteiger partial charge in [0.25, 0.3) is 0 Å². The van der Waals surface area contributed by atoms with Crippen molar-refractivity contribution in [1.29, 1.82) is 0 Å². The third kappa shape index (κ3) is 3.07. The Kier molecular flexibility index (Phi) is 4.55. The van der Waals surface area contributed by atoms with Crippen LogP contribution in [0, 0.1) is 6.92 Å². The zero-order chi connectivity index (χ0) is 14.5. The van der Waals surface area contributed by atoms with Gasteiger partial charge in [0.1, 0.15) is 12.2 Å². The first kappa shape index (κ1) is 14.3. The summed E-state index contributed by atoms with van der Waals surface area (Å²) >= 11 is 0. The molecule has 0 atom stereocenters. The monoisotopic (exact) mass is 273 g/mol. The second kappa shape index (κ2) is 6.36. The van der Waals surface area contributed by atoms with Crippen LogP contribution in [0.5, 0.6) is 0 Å². The minimum Gasteiger partial charge on any atom is -0.294 e. The van der Waals surface area contributed by atoms with E-state index in [-0.39, 0.29) is 12.2 Å². The number of ketones is 1. The summed E-state index contributed by atoms with van der Waals surface area (Å²) in [6, 6.07) is 1.80. The van der Waals surface area contributed by atoms with Crippen LogP contribution in [0.2, 0.25) is 0 Å². The van der Waals surface area contributed by atoms with Crippen LogP contribution in [0.3, 0.4) is 0 Å². The first-order valence-electron chi connectivity index (χ1n) is 6.88. The molecule has 20 heavy (non-hydrogen) atoms. The summed E-state index contributed by atoms with van der Waals surface area (Å²) in [4.78, 5) is 16.6. The minimum atomic E-state index is 0.0187. The zero-order valence-electron chi connectivity index (χ0n) is 12.1. The fourth-order valence-corrected chi connectivity index (χ4v) is 2.08. The summed E-state index contributed by atoms with van der Waals surface area (Å²) < 4.78 is 1.78. The Bertz CT molecular complexity index is 605. The standard InChI is InChI=1S/C14H19N5O/c1-4-6-19-14(15-9-16-19)8-13(20)11-7-10(3)17-18-12(11)5-2/h7,9H,4-6,8H2,1-3H3. The molecule has 0 fully saturated rings. The fourth-order valence-electron chi connectivity index (χ4n) is 2.08. The van der Waals surface area contributed by atoms with Crippen LogP contribution in [-0.4, -0.2) is 30.7 Å². The van der Waals surface area contributed by atoms with E-state index in [2.05, 4.69) is 27.2 Å². The maximum Gasteiger partial charge on any atom is 0.172 e. The molecule has 0 aliphatic heterocycles. The number of hydrogen-bond acceptors (Lipinski definition) is 5. The van der Waals surface area contributed by atoms with Crippen molar-refractivity contribution in [1.82, 2.24) is 25.0 Å². The summed E-state index contributed by atoms with van der Waals surface area (Å²) in [7, 11) is 0. The number of Topliss-reactive ketones (excluding diaryl/α,β-unsaturated/α-hetero) is 1. The van der Waals surface area contributed by atoms with E-state index in [1.54, 1.807) is 10.7 Å². The van der Waals surface area contributed by atoms with Crippen LogP contribution in [0.25, 0.3) is 0 Å². The first-order valence-corrected chi connectivity index (χ1v) is 6.88. The van der Waals surface area contributed by atoms with Crippen LogP contribution < -0.4 is 0 Å². The van der Waals surface area contributed by atoms with E-state index in [0.29, 0.717) is 17.8 Å². The van der Waals surface area contributed by atoms with Gasteiger partial charge < -0.3 is 0 Å². The number of nitrogens with zero attached hydrogens (tertiary/aromatic N) is 5. The molecule has 0 bridgehead atoms. The molecule has 2 heterocycles. The van der Waals surface area contributed by atoms with E-state index in [0.717, 1.165) is 24.4 Å². The number of rotatable bonds is 6. The molecule has 0 aromatic carbocycles. The topological polar surface area (TPSA) is 73.6 Å². The molecule has 0 amide bonds. The first-order chi connectivity index (χ1) is 9.65. The van der Waals surface area contributed by atoms with E-state index >= 15 is 0 Å². The second-order valence-electron chi connectivity index (χ2n) is 4.70. The highest BCUT2D eigenvalue weighted by Crippen LogP contribution is 2.11. The lowest BCUT2D eigenvalue weighted by Crippen LogP contribution is -2.14. The van der Waals surface area contributed by atoms with Gasteiger partial charge in [0.15, 0.2) is 5.78 Å². The molecule has 106 valence electrons. The van der Waals surface area contributed by atoms with Crippen molar-refractivity contribution in [2.24, 2.45) is 0 Å². The van der Waals surface area contributed by atoms with E-state index < -0.39 is 0 Å². The number of aromatic nitrogens is 5. The maximum atomic E-state index is 12.5. The molecular weight excluding hydrogens is 254 g/mol. The molecule has 0 spiro atoms. The van der Waals surface area contributed by atoms with Crippen LogP contribution in [-0.2, 0) is 19.4 Å².